The highest BCUT2D eigenvalue weighted by molar-refractivity contribution is 6.30. The molecular weight excluding hydrogens is 321 g/mol. The lowest BCUT2D eigenvalue weighted by molar-refractivity contribution is 0.301. The van der Waals surface area contributed by atoms with Gasteiger partial charge in [0.2, 0.25) is 0 Å². The Morgan fingerprint density at radius 3 is 2.59 bits per heavy atom. The molecule has 0 saturated heterocycles. The van der Waals surface area contributed by atoms with Gasteiger partial charge in [0, 0.05) is 10.0 Å². The van der Waals surface area contributed by atoms with Crippen molar-refractivity contribution in [3.05, 3.63) is 76.0 Å². The van der Waals surface area contributed by atoms with Crippen molar-refractivity contribution in [1.82, 2.24) is 15.0 Å². The smallest absolute Gasteiger partial charge is 0.134 e. The second-order valence-corrected chi connectivity index (χ2v) is 5.65. The van der Waals surface area contributed by atoms with Crippen LogP contribution >= 0.6 is 23.2 Å². The minimum atomic E-state index is 0.358. The Labute approximate surface area is 138 Å². The Hall–Kier alpha value is -2.04. The van der Waals surface area contributed by atoms with Gasteiger partial charge in [-0.15, -0.1) is 5.10 Å². The van der Waals surface area contributed by atoms with Crippen molar-refractivity contribution in [2.45, 2.75) is 13.2 Å². The lowest BCUT2D eigenvalue weighted by Crippen LogP contribution is -2.00. The number of benzene rings is 2. The molecule has 0 amide bonds. The van der Waals surface area contributed by atoms with E-state index in [-0.39, 0.29) is 0 Å². The van der Waals surface area contributed by atoms with E-state index in [4.69, 9.17) is 27.9 Å². The summed E-state index contributed by atoms with van der Waals surface area (Å²) < 4.78 is 7.39. The Morgan fingerprint density at radius 1 is 1.00 bits per heavy atom. The van der Waals surface area contributed by atoms with Crippen molar-refractivity contribution in [2.75, 3.05) is 0 Å². The maximum Gasteiger partial charge on any atom is 0.134 e. The summed E-state index contributed by atoms with van der Waals surface area (Å²) in [5.41, 5.74) is 1.83. The van der Waals surface area contributed by atoms with Crippen LogP contribution in [0.2, 0.25) is 10.0 Å². The highest BCUT2D eigenvalue weighted by atomic mass is 35.5. The first-order valence-corrected chi connectivity index (χ1v) is 7.46. The van der Waals surface area contributed by atoms with Crippen LogP contribution in [0.5, 0.6) is 5.75 Å². The van der Waals surface area contributed by atoms with E-state index >= 15 is 0 Å². The molecule has 4 nitrogen and oxygen atoms in total. The SMILES string of the molecule is Clc1ccc(OCc2cn(Cc3cccc(Cl)c3)nn2)cc1. The van der Waals surface area contributed by atoms with Gasteiger partial charge in [-0.3, -0.25) is 0 Å². The van der Waals surface area contributed by atoms with Crippen LogP contribution in [-0.4, -0.2) is 15.0 Å². The van der Waals surface area contributed by atoms with E-state index in [0.717, 1.165) is 17.0 Å². The number of hydrogen-bond acceptors (Lipinski definition) is 3. The van der Waals surface area contributed by atoms with Crippen LogP contribution in [0.1, 0.15) is 11.3 Å². The Kier molecular flexibility index (Phi) is 4.61. The molecule has 0 fully saturated rings. The quantitative estimate of drug-likeness (QED) is 0.702. The summed E-state index contributed by atoms with van der Waals surface area (Å²) in [7, 11) is 0. The zero-order valence-corrected chi connectivity index (χ0v) is 13.1. The summed E-state index contributed by atoms with van der Waals surface area (Å²) in [6, 6.07) is 14.9. The first-order chi connectivity index (χ1) is 10.7. The van der Waals surface area contributed by atoms with Gasteiger partial charge < -0.3 is 4.74 Å². The third kappa shape index (κ3) is 4.00. The van der Waals surface area contributed by atoms with Gasteiger partial charge in [-0.1, -0.05) is 40.5 Å². The van der Waals surface area contributed by atoms with E-state index in [1.54, 1.807) is 16.8 Å². The summed E-state index contributed by atoms with van der Waals surface area (Å²) in [4.78, 5) is 0. The maximum atomic E-state index is 5.97. The molecule has 22 heavy (non-hydrogen) atoms. The van der Waals surface area contributed by atoms with Crippen LogP contribution in [0.25, 0.3) is 0 Å². The molecule has 6 heteroatoms. The number of aromatic nitrogens is 3. The van der Waals surface area contributed by atoms with Gasteiger partial charge >= 0.3 is 0 Å². The van der Waals surface area contributed by atoms with E-state index in [1.807, 2.05) is 42.6 Å². The molecule has 0 aliphatic carbocycles. The predicted octanol–water partition coefficient (Wildman–Crippen LogP) is 4.21. The molecule has 0 aliphatic heterocycles. The van der Waals surface area contributed by atoms with Gasteiger partial charge in [-0.25, -0.2) is 4.68 Å². The summed E-state index contributed by atoms with van der Waals surface area (Å²) in [6.45, 7) is 0.978. The second-order valence-electron chi connectivity index (χ2n) is 4.78. The fourth-order valence-electron chi connectivity index (χ4n) is 1.99. The Balaban J connectivity index is 1.60. The summed E-state index contributed by atoms with van der Waals surface area (Å²) >= 11 is 11.8. The molecule has 0 atom stereocenters. The predicted molar refractivity (Wildman–Crippen MR) is 86.4 cm³/mol. The molecule has 3 rings (SSSR count). The fourth-order valence-corrected chi connectivity index (χ4v) is 2.33. The number of halogens is 2. The van der Waals surface area contributed by atoms with Crippen LogP contribution in [0, 0.1) is 0 Å². The molecule has 0 spiro atoms. The summed E-state index contributed by atoms with van der Waals surface area (Å²) in [5, 5.41) is 9.58. The molecule has 0 N–H and O–H groups in total. The van der Waals surface area contributed by atoms with E-state index in [2.05, 4.69) is 10.3 Å². The van der Waals surface area contributed by atoms with Crippen LogP contribution in [0.4, 0.5) is 0 Å². The van der Waals surface area contributed by atoms with Crippen molar-refractivity contribution < 1.29 is 4.74 Å². The molecular formula is C16H13Cl2N3O. The number of nitrogens with zero attached hydrogens (tertiary/aromatic N) is 3. The van der Waals surface area contributed by atoms with Crippen molar-refractivity contribution in [3.8, 4) is 5.75 Å². The van der Waals surface area contributed by atoms with E-state index in [0.29, 0.717) is 23.2 Å². The Bertz CT molecular complexity index is 756. The van der Waals surface area contributed by atoms with Crippen molar-refractivity contribution in [1.29, 1.82) is 0 Å². The van der Waals surface area contributed by atoms with Crippen molar-refractivity contribution in [3.63, 3.8) is 0 Å². The molecule has 1 heterocycles. The minimum Gasteiger partial charge on any atom is -0.487 e. The van der Waals surface area contributed by atoms with Crippen LogP contribution in [0.3, 0.4) is 0 Å². The zero-order chi connectivity index (χ0) is 15.4. The molecule has 0 radical (unpaired) electrons. The van der Waals surface area contributed by atoms with Gasteiger partial charge in [-0.05, 0) is 42.0 Å². The largest absolute Gasteiger partial charge is 0.487 e. The molecule has 0 unspecified atom stereocenters. The van der Waals surface area contributed by atoms with Crippen LogP contribution in [-0.2, 0) is 13.2 Å². The molecule has 0 bridgehead atoms. The number of hydrogen-bond donors (Lipinski definition) is 0. The first-order valence-electron chi connectivity index (χ1n) is 6.71. The average molecular weight is 334 g/mol. The molecule has 1 aromatic heterocycles. The molecule has 2 aromatic carbocycles. The molecule has 0 aliphatic rings. The number of rotatable bonds is 5. The van der Waals surface area contributed by atoms with E-state index in [9.17, 15) is 0 Å². The highest BCUT2D eigenvalue weighted by Crippen LogP contribution is 2.16. The lowest BCUT2D eigenvalue weighted by atomic mass is 10.2. The fraction of sp³-hybridized carbons (Fsp3) is 0.125. The third-order valence-corrected chi connectivity index (χ3v) is 3.51. The first kappa shape index (κ1) is 14.9. The second kappa shape index (κ2) is 6.81. The third-order valence-electron chi connectivity index (χ3n) is 3.02. The van der Waals surface area contributed by atoms with Gasteiger partial charge in [0.15, 0.2) is 0 Å². The average Bonchev–Trinajstić information content (AvgIpc) is 2.94. The monoisotopic (exact) mass is 333 g/mol. The van der Waals surface area contributed by atoms with E-state index < -0.39 is 0 Å². The van der Waals surface area contributed by atoms with Crippen LogP contribution < -0.4 is 4.74 Å². The highest BCUT2D eigenvalue weighted by Gasteiger charge is 2.03. The van der Waals surface area contributed by atoms with E-state index in [1.165, 1.54) is 0 Å². The zero-order valence-electron chi connectivity index (χ0n) is 11.6. The van der Waals surface area contributed by atoms with Gasteiger partial charge in [-0.2, -0.15) is 0 Å². The molecule has 112 valence electrons. The van der Waals surface area contributed by atoms with Gasteiger partial charge in [0.05, 0.1) is 12.7 Å². The summed E-state index contributed by atoms with van der Waals surface area (Å²) in [5.74, 6) is 0.744. The maximum absolute atomic E-state index is 5.97. The van der Waals surface area contributed by atoms with Crippen molar-refractivity contribution >= 4 is 23.2 Å². The lowest BCUT2D eigenvalue weighted by Gasteiger charge is -2.03. The van der Waals surface area contributed by atoms with Gasteiger partial charge in [0.1, 0.15) is 18.1 Å². The van der Waals surface area contributed by atoms with Crippen LogP contribution in [0.15, 0.2) is 54.7 Å². The topological polar surface area (TPSA) is 39.9 Å². The number of ether oxygens (including phenoxy) is 1. The normalized spacial score (nSPS) is 10.6. The molecule has 0 saturated carbocycles. The Morgan fingerprint density at radius 2 is 1.82 bits per heavy atom. The summed E-state index contributed by atoms with van der Waals surface area (Å²) in [6.07, 6.45) is 1.86. The standard InChI is InChI=1S/C16H13Cl2N3O/c17-13-4-6-16(7-5-13)22-11-15-10-21(20-19-15)9-12-2-1-3-14(18)8-12/h1-8,10H,9,11H2. The minimum absolute atomic E-state index is 0.358. The van der Waals surface area contributed by atoms with Gasteiger partial charge in [0.25, 0.3) is 0 Å². The molecule has 3 aromatic rings. The van der Waals surface area contributed by atoms with Crippen molar-refractivity contribution in [2.24, 2.45) is 0 Å².